The third kappa shape index (κ3) is 3.03. The number of benzene rings is 1. The summed E-state index contributed by atoms with van der Waals surface area (Å²) in [4.78, 5) is 10.0. The van der Waals surface area contributed by atoms with Crippen LogP contribution in [-0.4, -0.2) is 4.92 Å². The standard InChI is InChI=1S/C10H4BrFN4O2/c11-7-1-10(16(17)18)9(2-8(7)12)15-5-6(3-13)4-14/h1-2,5,15H. The number of anilines is 1. The van der Waals surface area contributed by atoms with E-state index in [1.807, 2.05) is 0 Å². The van der Waals surface area contributed by atoms with Crippen molar-refractivity contribution in [3.63, 3.8) is 0 Å². The zero-order valence-corrected chi connectivity index (χ0v) is 10.2. The van der Waals surface area contributed by atoms with Crippen molar-refractivity contribution in [3.05, 3.63) is 44.3 Å². The maximum Gasteiger partial charge on any atom is 0.293 e. The summed E-state index contributed by atoms with van der Waals surface area (Å²) in [5, 5.41) is 30.1. The average molecular weight is 311 g/mol. The van der Waals surface area contributed by atoms with Gasteiger partial charge in [0.1, 0.15) is 29.2 Å². The minimum Gasteiger partial charge on any atom is -0.354 e. The molecule has 0 atom stereocenters. The number of hydrogen-bond donors (Lipinski definition) is 1. The summed E-state index contributed by atoms with van der Waals surface area (Å²) in [5.74, 6) is -0.702. The Hall–Kier alpha value is -2.45. The van der Waals surface area contributed by atoms with Crippen LogP contribution < -0.4 is 5.32 Å². The Morgan fingerprint density at radius 1 is 1.50 bits per heavy atom. The third-order valence-corrected chi connectivity index (χ3v) is 2.46. The van der Waals surface area contributed by atoms with Crippen LogP contribution in [0.15, 0.2) is 28.4 Å². The van der Waals surface area contributed by atoms with E-state index in [0.29, 0.717) is 0 Å². The molecule has 0 unspecified atom stereocenters. The highest BCUT2D eigenvalue weighted by molar-refractivity contribution is 9.10. The molecular formula is C10H4BrFN4O2. The molecule has 18 heavy (non-hydrogen) atoms. The van der Waals surface area contributed by atoms with Gasteiger partial charge in [0.2, 0.25) is 0 Å². The van der Waals surface area contributed by atoms with Gasteiger partial charge >= 0.3 is 0 Å². The molecule has 0 spiro atoms. The molecule has 0 fully saturated rings. The molecule has 0 saturated carbocycles. The van der Waals surface area contributed by atoms with Gasteiger partial charge in [-0.2, -0.15) is 10.5 Å². The van der Waals surface area contributed by atoms with E-state index in [-0.39, 0.29) is 21.4 Å². The van der Waals surface area contributed by atoms with Gasteiger partial charge in [0, 0.05) is 18.3 Å². The van der Waals surface area contributed by atoms with Gasteiger partial charge in [-0.15, -0.1) is 0 Å². The number of hydrogen-bond acceptors (Lipinski definition) is 5. The van der Waals surface area contributed by atoms with Gasteiger partial charge in [0.05, 0.1) is 9.40 Å². The lowest BCUT2D eigenvalue weighted by Crippen LogP contribution is -1.98. The van der Waals surface area contributed by atoms with E-state index in [4.69, 9.17) is 10.5 Å². The van der Waals surface area contributed by atoms with E-state index >= 15 is 0 Å². The fraction of sp³-hybridized carbons (Fsp3) is 0. The number of nitro groups is 1. The quantitative estimate of drug-likeness (QED) is 0.525. The van der Waals surface area contributed by atoms with Crippen molar-refractivity contribution < 1.29 is 9.31 Å². The lowest BCUT2D eigenvalue weighted by molar-refractivity contribution is -0.384. The molecule has 0 aliphatic heterocycles. The highest BCUT2D eigenvalue weighted by Crippen LogP contribution is 2.30. The maximum atomic E-state index is 13.3. The molecule has 0 heterocycles. The molecular weight excluding hydrogens is 307 g/mol. The van der Waals surface area contributed by atoms with E-state index in [1.165, 1.54) is 0 Å². The molecule has 0 saturated heterocycles. The van der Waals surface area contributed by atoms with E-state index in [0.717, 1.165) is 18.3 Å². The molecule has 6 nitrogen and oxygen atoms in total. The van der Waals surface area contributed by atoms with Gasteiger partial charge in [0.25, 0.3) is 5.69 Å². The Morgan fingerprint density at radius 3 is 2.61 bits per heavy atom. The first-order valence-electron chi connectivity index (χ1n) is 4.40. The predicted octanol–water partition coefficient (Wildman–Crippen LogP) is 2.84. The zero-order chi connectivity index (χ0) is 13.7. The second kappa shape index (κ2) is 5.75. The van der Waals surface area contributed by atoms with E-state index in [2.05, 4.69) is 21.2 Å². The molecule has 0 aromatic heterocycles. The fourth-order valence-corrected chi connectivity index (χ4v) is 1.37. The summed E-state index contributed by atoms with van der Waals surface area (Å²) in [7, 11) is 0. The second-order valence-corrected chi connectivity index (χ2v) is 3.82. The number of nitriles is 2. The van der Waals surface area contributed by atoms with Crippen LogP contribution in [0.3, 0.4) is 0 Å². The molecule has 0 amide bonds. The summed E-state index contributed by atoms with van der Waals surface area (Å²) in [6.45, 7) is 0. The molecule has 1 aromatic rings. The summed E-state index contributed by atoms with van der Waals surface area (Å²) >= 11 is 2.83. The molecule has 90 valence electrons. The first-order valence-corrected chi connectivity index (χ1v) is 5.19. The summed E-state index contributed by atoms with van der Waals surface area (Å²) in [6.07, 6.45) is 0.968. The van der Waals surface area contributed by atoms with Gasteiger partial charge in [-0.3, -0.25) is 10.1 Å². The predicted molar refractivity (Wildman–Crippen MR) is 63.7 cm³/mol. The van der Waals surface area contributed by atoms with Crippen LogP contribution in [0.2, 0.25) is 0 Å². The van der Waals surface area contributed by atoms with Gasteiger partial charge in [-0.1, -0.05) is 0 Å². The Bertz CT molecular complexity index is 600. The van der Waals surface area contributed by atoms with Crippen molar-refractivity contribution in [1.82, 2.24) is 0 Å². The van der Waals surface area contributed by atoms with Crippen LogP contribution in [0.1, 0.15) is 0 Å². The molecule has 8 heteroatoms. The Morgan fingerprint density at radius 2 is 2.11 bits per heavy atom. The number of allylic oxidation sites excluding steroid dienone is 1. The molecule has 0 radical (unpaired) electrons. The van der Waals surface area contributed by atoms with Gasteiger partial charge in [-0.05, 0) is 15.9 Å². The highest BCUT2D eigenvalue weighted by atomic mass is 79.9. The minimum absolute atomic E-state index is 0.0514. The molecule has 0 aliphatic carbocycles. The Kier molecular flexibility index (Phi) is 4.35. The van der Waals surface area contributed by atoms with Crippen LogP contribution in [0, 0.1) is 38.6 Å². The normalized spacial score (nSPS) is 8.89. The average Bonchev–Trinajstić information content (AvgIpc) is 2.34. The van der Waals surface area contributed by atoms with Crippen LogP contribution in [0.4, 0.5) is 15.8 Å². The van der Waals surface area contributed by atoms with Crippen molar-refractivity contribution in [2.45, 2.75) is 0 Å². The molecule has 0 bridgehead atoms. The van der Waals surface area contributed by atoms with E-state index in [9.17, 15) is 14.5 Å². The number of nitro benzene ring substituents is 1. The molecule has 1 aromatic carbocycles. The number of rotatable bonds is 3. The Balaban J connectivity index is 3.21. The summed E-state index contributed by atoms with van der Waals surface area (Å²) in [5.41, 5.74) is -0.814. The Labute approximate surface area is 109 Å². The molecule has 1 rings (SSSR count). The maximum absolute atomic E-state index is 13.3. The van der Waals surface area contributed by atoms with Gasteiger partial charge in [0.15, 0.2) is 0 Å². The largest absolute Gasteiger partial charge is 0.354 e. The summed E-state index contributed by atoms with van der Waals surface area (Å²) in [6, 6.07) is 5.01. The van der Waals surface area contributed by atoms with Crippen LogP contribution in [0.25, 0.3) is 0 Å². The molecule has 1 N–H and O–H groups in total. The fourth-order valence-electron chi connectivity index (χ4n) is 1.04. The van der Waals surface area contributed by atoms with Crippen molar-refractivity contribution in [3.8, 4) is 12.1 Å². The smallest absolute Gasteiger partial charge is 0.293 e. The van der Waals surface area contributed by atoms with E-state index < -0.39 is 10.7 Å². The lowest BCUT2D eigenvalue weighted by Gasteiger charge is -2.03. The van der Waals surface area contributed by atoms with Crippen molar-refractivity contribution in [2.24, 2.45) is 0 Å². The van der Waals surface area contributed by atoms with Crippen LogP contribution in [0.5, 0.6) is 0 Å². The van der Waals surface area contributed by atoms with Crippen molar-refractivity contribution in [2.75, 3.05) is 5.32 Å². The van der Waals surface area contributed by atoms with Crippen molar-refractivity contribution in [1.29, 1.82) is 10.5 Å². The van der Waals surface area contributed by atoms with Crippen LogP contribution >= 0.6 is 15.9 Å². The first kappa shape index (κ1) is 13.6. The minimum atomic E-state index is -0.710. The summed E-state index contributed by atoms with van der Waals surface area (Å²) < 4.78 is 13.2. The second-order valence-electron chi connectivity index (χ2n) is 2.97. The van der Waals surface area contributed by atoms with Crippen LogP contribution in [-0.2, 0) is 0 Å². The monoisotopic (exact) mass is 310 g/mol. The van der Waals surface area contributed by atoms with Gasteiger partial charge < -0.3 is 5.32 Å². The number of nitrogens with one attached hydrogen (secondary N) is 1. The number of halogens is 2. The topological polar surface area (TPSA) is 103 Å². The van der Waals surface area contributed by atoms with Crippen molar-refractivity contribution >= 4 is 27.3 Å². The first-order chi connectivity index (χ1) is 8.49. The van der Waals surface area contributed by atoms with E-state index in [1.54, 1.807) is 12.1 Å². The van der Waals surface area contributed by atoms with Gasteiger partial charge in [-0.25, -0.2) is 4.39 Å². The number of nitrogens with zero attached hydrogens (tertiary/aromatic N) is 3. The zero-order valence-electron chi connectivity index (χ0n) is 8.65. The third-order valence-electron chi connectivity index (χ3n) is 1.85. The highest BCUT2D eigenvalue weighted by Gasteiger charge is 2.16. The SMILES string of the molecule is N#CC(C#N)=CNc1cc(F)c(Br)cc1[N+](=O)[O-]. The lowest BCUT2D eigenvalue weighted by atomic mass is 10.2. The molecule has 0 aliphatic rings.